The maximum absolute atomic E-state index is 15.9. The van der Waals surface area contributed by atoms with Crippen LogP contribution in [-0.2, 0) is 25.6 Å². The van der Waals surface area contributed by atoms with Crippen molar-refractivity contribution in [1.82, 2.24) is 30.2 Å². The van der Waals surface area contributed by atoms with Gasteiger partial charge in [0.25, 0.3) is 5.91 Å². The lowest BCUT2D eigenvalue weighted by Crippen LogP contribution is -2.59. The summed E-state index contributed by atoms with van der Waals surface area (Å²) in [4.78, 5) is 44.6. The summed E-state index contributed by atoms with van der Waals surface area (Å²) in [6, 6.07) is 4.55. The average molecular weight is 700 g/mol. The molecule has 276 valence electrons. The first kappa shape index (κ1) is 37.8. The van der Waals surface area contributed by atoms with Gasteiger partial charge in [0.2, 0.25) is 11.8 Å². The second kappa shape index (κ2) is 17.2. The summed E-state index contributed by atoms with van der Waals surface area (Å²) in [5.41, 5.74) is 0.907. The van der Waals surface area contributed by atoms with Gasteiger partial charge in [0.15, 0.2) is 0 Å². The molecule has 3 fully saturated rings. The third-order valence-electron chi connectivity index (χ3n) is 10.4. The lowest BCUT2D eigenvalue weighted by atomic mass is 9.88. The number of amides is 3. The Morgan fingerprint density at radius 2 is 1.68 bits per heavy atom. The van der Waals surface area contributed by atoms with Gasteiger partial charge in [0.05, 0.1) is 24.9 Å². The predicted molar refractivity (Wildman–Crippen MR) is 186 cm³/mol. The first-order chi connectivity index (χ1) is 24.0. The Morgan fingerprint density at radius 1 is 1.00 bits per heavy atom. The Labute approximate surface area is 294 Å². The molecule has 2 aliphatic carbocycles. The summed E-state index contributed by atoms with van der Waals surface area (Å²) in [5.74, 6) is -1.74. The average Bonchev–Trinajstić information content (AvgIpc) is 4.06. The summed E-state index contributed by atoms with van der Waals surface area (Å²) in [5, 5.41) is 24.5. The number of aliphatic hydroxyl groups excluding tert-OH is 1. The van der Waals surface area contributed by atoms with Crippen molar-refractivity contribution in [3.8, 4) is 0 Å². The first-order valence-corrected chi connectivity index (χ1v) is 18.0. The maximum atomic E-state index is 15.9. The van der Waals surface area contributed by atoms with Crippen LogP contribution in [0.25, 0.3) is 0 Å². The van der Waals surface area contributed by atoms with Crippen LogP contribution in [-0.4, -0.2) is 120 Å². The van der Waals surface area contributed by atoms with Gasteiger partial charge in [-0.15, -0.1) is 0 Å². The highest BCUT2D eigenvalue weighted by Gasteiger charge is 2.48. The zero-order chi connectivity index (χ0) is 35.9. The van der Waals surface area contributed by atoms with E-state index in [0.717, 1.165) is 38.8 Å². The summed E-state index contributed by atoms with van der Waals surface area (Å²) in [6.07, 6.45) is 3.75. The van der Waals surface area contributed by atoms with E-state index >= 15 is 4.39 Å². The number of aromatic nitrogens is 2. The number of hydrogen-bond donors (Lipinski definition) is 4. The summed E-state index contributed by atoms with van der Waals surface area (Å²) >= 11 is 0. The van der Waals surface area contributed by atoms with Gasteiger partial charge in [-0.2, -0.15) is 5.10 Å². The highest BCUT2D eigenvalue weighted by Crippen LogP contribution is 2.51. The van der Waals surface area contributed by atoms with Crippen molar-refractivity contribution in [2.24, 2.45) is 17.8 Å². The fourth-order valence-electron chi connectivity index (χ4n) is 6.99. The molecule has 5 rings (SSSR count). The molecule has 14 heteroatoms. The van der Waals surface area contributed by atoms with Crippen molar-refractivity contribution in [3.63, 3.8) is 0 Å². The van der Waals surface area contributed by atoms with E-state index in [2.05, 4.69) is 25.9 Å². The Bertz CT molecular complexity index is 1450. The molecule has 3 aliphatic rings. The minimum Gasteiger partial charge on any atom is -0.382 e. The quantitative estimate of drug-likeness (QED) is 0.172. The monoisotopic (exact) mass is 699 g/mol. The van der Waals surface area contributed by atoms with Crippen LogP contribution in [0.3, 0.4) is 0 Å². The molecule has 0 spiro atoms. The molecule has 1 saturated heterocycles. The van der Waals surface area contributed by atoms with E-state index in [4.69, 9.17) is 9.47 Å². The van der Waals surface area contributed by atoms with Gasteiger partial charge in [-0.05, 0) is 88.1 Å². The fourth-order valence-corrected chi connectivity index (χ4v) is 6.99. The number of methoxy groups -OCH3 is 1. The van der Waals surface area contributed by atoms with Crippen molar-refractivity contribution in [3.05, 3.63) is 47.5 Å². The molecular weight excluding hydrogens is 645 g/mol. The van der Waals surface area contributed by atoms with Crippen LogP contribution >= 0.6 is 0 Å². The van der Waals surface area contributed by atoms with Crippen molar-refractivity contribution in [2.75, 3.05) is 58.9 Å². The summed E-state index contributed by atoms with van der Waals surface area (Å²) in [7, 11) is 3.57. The van der Waals surface area contributed by atoms with Crippen molar-refractivity contribution in [2.45, 2.75) is 83.3 Å². The van der Waals surface area contributed by atoms with E-state index < -0.39 is 48.0 Å². The number of halogens is 1. The molecular formula is C36H54FN7O6. The van der Waals surface area contributed by atoms with Gasteiger partial charge in [0.1, 0.15) is 29.9 Å². The highest BCUT2D eigenvalue weighted by molar-refractivity contribution is 6.00. The lowest BCUT2D eigenvalue weighted by molar-refractivity contribution is -0.136. The number of ether oxygens (including phenoxy) is 2. The molecule has 2 heterocycles. The number of likely N-dealkylation sites (N-methyl/N-ethyl adjacent to an activating group) is 1. The largest absolute Gasteiger partial charge is 0.382 e. The van der Waals surface area contributed by atoms with Gasteiger partial charge in [0, 0.05) is 51.9 Å². The molecule has 2 aromatic rings. The first-order valence-electron chi connectivity index (χ1n) is 18.0. The molecule has 1 unspecified atom stereocenters. The van der Waals surface area contributed by atoms with Gasteiger partial charge in [-0.3, -0.25) is 24.0 Å². The number of nitrogens with zero attached hydrogens (tertiary/aromatic N) is 4. The highest BCUT2D eigenvalue weighted by atomic mass is 19.1. The maximum Gasteiger partial charge on any atom is 0.270 e. The van der Waals surface area contributed by atoms with Crippen molar-refractivity contribution in [1.29, 1.82) is 0 Å². The Kier molecular flexibility index (Phi) is 13.0. The minimum atomic E-state index is -1.04. The molecule has 13 nitrogen and oxygen atoms in total. The Hall–Kier alpha value is -3.43. The Balaban J connectivity index is 1.33. The smallest absolute Gasteiger partial charge is 0.270 e. The molecule has 0 radical (unpaired) electrons. The van der Waals surface area contributed by atoms with Gasteiger partial charge in [-0.1, -0.05) is 13.0 Å². The molecule has 0 bridgehead atoms. The SMILES string of the molecule is CCn1nccc1C(=O)N[C@H](C(=O)Nc1ccc([C@H](C)[C@@H](NC(=O)[C@@H](C)OCCOC)C(O)N2CCN(C)CC2)cc1F)C(C1CC1)C1CC1. The fraction of sp³-hybridized carbons (Fsp3) is 0.667. The number of carbonyl (C=O) groups excluding carboxylic acids is 3. The van der Waals surface area contributed by atoms with Gasteiger partial charge < -0.3 is 35.4 Å². The molecule has 1 aliphatic heterocycles. The van der Waals surface area contributed by atoms with E-state index in [-0.39, 0.29) is 24.1 Å². The lowest BCUT2D eigenvalue weighted by Gasteiger charge is -2.41. The van der Waals surface area contributed by atoms with Crippen molar-refractivity contribution < 1.29 is 33.4 Å². The number of aryl methyl sites for hydroxylation is 1. The number of anilines is 1. The number of hydrogen-bond acceptors (Lipinski definition) is 9. The van der Waals surface area contributed by atoms with Crippen LogP contribution in [0, 0.1) is 23.6 Å². The van der Waals surface area contributed by atoms with E-state index in [1.165, 1.54) is 12.1 Å². The van der Waals surface area contributed by atoms with E-state index in [0.29, 0.717) is 49.3 Å². The van der Waals surface area contributed by atoms with Crippen LogP contribution in [0.5, 0.6) is 0 Å². The summed E-state index contributed by atoms with van der Waals surface area (Å²) < 4.78 is 28.1. The number of aliphatic hydroxyl groups is 1. The van der Waals surface area contributed by atoms with E-state index in [1.807, 2.05) is 25.8 Å². The number of rotatable bonds is 18. The van der Waals surface area contributed by atoms with E-state index in [9.17, 15) is 19.5 Å². The second-order valence-corrected chi connectivity index (χ2v) is 14.0. The van der Waals surface area contributed by atoms with Crippen molar-refractivity contribution >= 4 is 23.4 Å². The Morgan fingerprint density at radius 3 is 2.28 bits per heavy atom. The van der Waals surface area contributed by atoms with Gasteiger partial charge >= 0.3 is 0 Å². The topological polar surface area (TPSA) is 150 Å². The molecule has 4 N–H and O–H groups in total. The number of carbonyl (C=O) groups is 3. The molecule has 2 saturated carbocycles. The second-order valence-electron chi connectivity index (χ2n) is 14.0. The predicted octanol–water partition coefficient (Wildman–Crippen LogP) is 2.42. The number of benzene rings is 1. The molecule has 5 atom stereocenters. The normalized spacial score (nSPS) is 20.2. The molecule has 50 heavy (non-hydrogen) atoms. The van der Waals surface area contributed by atoms with Crippen LogP contribution in [0.1, 0.15) is 68.4 Å². The summed E-state index contributed by atoms with van der Waals surface area (Å²) in [6.45, 7) is 9.18. The zero-order valence-corrected chi connectivity index (χ0v) is 29.9. The number of piperazine rings is 1. The van der Waals surface area contributed by atoms with Gasteiger partial charge in [-0.25, -0.2) is 4.39 Å². The van der Waals surface area contributed by atoms with Crippen LogP contribution in [0.15, 0.2) is 30.5 Å². The molecule has 1 aromatic heterocycles. The molecule has 3 amide bonds. The molecule has 1 aromatic carbocycles. The minimum absolute atomic E-state index is 0.00508. The number of nitrogens with one attached hydrogen (secondary N) is 3. The van der Waals surface area contributed by atoms with E-state index in [1.54, 1.807) is 37.0 Å². The van der Waals surface area contributed by atoms with Crippen LogP contribution < -0.4 is 16.0 Å². The standard InChI is InChI=1S/C36H54FN7O6/c1-6-44-29(13-14-38-44)34(46)41-32(30(24-7-8-24)25-9-10-25)35(47)39-28-12-11-26(21-27(28)37)22(2)31(36(48)43-17-15-42(4)16-18-43)40-33(45)23(3)50-20-19-49-5/h11-14,21-25,30-32,36,48H,6-10,15-20H2,1-5H3,(H,39,47)(H,40,45)(H,41,46)/t22-,23+,31+,32-,36?/m0/s1. The third-order valence-corrected chi connectivity index (χ3v) is 10.4. The van der Waals surface area contributed by atoms with Crippen LogP contribution in [0.4, 0.5) is 10.1 Å². The third kappa shape index (κ3) is 9.46. The zero-order valence-electron chi connectivity index (χ0n) is 29.9. The van der Waals surface area contributed by atoms with Crippen LogP contribution in [0.2, 0.25) is 0 Å².